The van der Waals surface area contributed by atoms with Gasteiger partial charge in [0.15, 0.2) is 5.76 Å². The highest BCUT2D eigenvalue weighted by Crippen LogP contribution is 2.34. The smallest absolute Gasteiger partial charge is 0.160 e. The summed E-state index contributed by atoms with van der Waals surface area (Å²) in [6, 6.07) is 0. The molecular weight excluding hydrogens is 252 g/mol. The third-order valence-corrected chi connectivity index (χ3v) is 3.83. The number of aliphatic hydroxyl groups is 1. The highest BCUT2D eigenvalue weighted by molar-refractivity contribution is 5.91. The second-order valence-electron chi connectivity index (χ2n) is 5.69. The van der Waals surface area contributed by atoms with Crippen molar-refractivity contribution in [3.63, 3.8) is 0 Å². The molecule has 20 heavy (non-hydrogen) atoms. The molecule has 0 aromatic heterocycles. The Morgan fingerprint density at radius 1 is 1.50 bits per heavy atom. The van der Waals surface area contributed by atoms with Crippen LogP contribution in [-0.4, -0.2) is 23.7 Å². The summed E-state index contributed by atoms with van der Waals surface area (Å²) >= 11 is 0. The van der Waals surface area contributed by atoms with Gasteiger partial charge in [-0.1, -0.05) is 38.7 Å². The predicted molar refractivity (Wildman–Crippen MR) is 79.3 cm³/mol. The molecule has 2 N–H and O–H groups in total. The average Bonchev–Trinajstić information content (AvgIpc) is 3.26. The van der Waals surface area contributed by atoms with E-state index < -0.39 is 0 Å². The lowest BCUT2D eigenvalue weighted by molar-refractivity contribution is 0.397. The van der Waals surface area contributed by atoms with Crippen LogP contribution in [0.3, 0.4) is 0 Å². The van der Waals surface area contributed by atoms with E-state index in [4.69, 9.17) is 4.74 Å². The predicted octanol–water partition coefficient (Wildman–Crippen LogP) is 2.83. The lowest BCUT2D eigenvalue weighted by Gasteiger charge is -2.28. The van der Waals surface area contributed by atoms with Crippen LogP contribution >= 0.6 is 0 Å². The summed E-state index contributed by atoms with van der Waals surface area (Å²) in [6.07, 6.45) is 7.45. The van der Waals surface area contributed by atoms with Gasteiger partial charge in [-0.15, -0.1) is 0 Å². The Labute approximate surface area is 119 Å². The van der Waals surface area contributed by atoms with Crippen LogP contribution in [0.25, 0.3) is 0 Å². The fraction of sp³-hybridized carbons (Fsp3) is 0.438. The first-order valence-electron chi connectivity index (χ1n) is 7.04. The molecule has 0 spiro atoms. The number of nitrogens with zero attached hydrogens (tertiary/aromatic N) is 1. The van der Waals surface area contributed by atoms with E-state index in [1.165, 1.54) is 5.57 Å². The summed E-state index contributed by atoms with van der Waals surface area (Å²) in [5.74, 6) is 1.38. The highest BCUT2D eigenvalue weighted by Gasteiger charge is 2.36. The van der Waals surface area contributed by atoms with E-state index in [0.717, 1.165) is 18.9 Å². The molecule has 3 aliphatic rings. The van der Waals surface area contributed by atoms with Crippen molar-refractivity contribution < 1.29 is 9.84 Å². The van der Waals surface area contributed by atoms with Crippen LogP contribution in [0.2, 0.25) is 0 Å². The maximum absolute atomic E-state index is 10.1. The van der Waals surface area contributed by atoms with Crippen LogP contribution in [0.4, 0.5) is 0 Å². The van der Waals surface area contributed by atoms with Crippen molar-refractivity contribution in [2.45, 2.75) is 26.4 Å². The van der Waals surface area contributed by atoms with Crippen LogP contribution in [0.15, 0.2) is 52.5 Å². The van der Waals surface area contributed by atoms with E-state index in [0.29, 0.717) is 11.4 Å². The van der Waals surface area contributed by atoms with E-state index in [9.17, 15) is 5.11 Å². The number of hydrogen-bond acceptors (Lipinski definition) is 4. The Bertz CT molecular complexity index is 563. The van der Waals surface area contributed by atoms with E-state index >= 15 is 0 Å². The monoisotopic (exact) mass is 272 g/mol. The molecule has 0 radical (unpaired) electrons. The Morgan fingerprint density at radius 3 is 2.90 bits per heavy atom. The summed E-state index contributed by atoms with van der Waals surface area (Å²) < 4.78 is 5.42. The molecule has 0 bridgehead atoms. The number of nitrogens with one attached hydrogen (secondary N) is 1. The number of allylic oxidation sites excluding steroid dienone is 4. The molecule has 0 aromatic carbocycles. The Kier molecular flexibility index (Phi) is 3.26. The summed E-state index contributed by atoms with van der Waals surface area (Å²) in [5, 5.41) is 13.2. The van der Waals surface area contributed by atoms with Crippen LogP contribution in [-0.2, 0) is 4.74 Å². The summed E-state index contributed by atoms with van der Waals surface area (Å²) in [4.78, 5) is 4.64. The topological polar surface area (TPSA) is 57.2 Å². The molecule has 2 heterocycles. The lowest BCUT2D eigenvalue weighted by atomic mass is 9.87. The van der Waals surface area contributed by atoms with Gasteiger partial charge in [-0.2, -0.15) is 0 Å². The van der Waals surface area contributed by atoms with Gasteiger partial charge in [0, 0.05) is 5.92 Å². The maximum atomic E-state index is 10.1. The molecule has 2 unspecified atom stereocenters. The zero-order valence-corrected chi connectivity index (χ0v) is 11.9. The summed E-state index contributed by atoms with van der Waals surface area (Å²) in [7, 11) is 0. The molecular formula is C16H20N2O2. The van der Waals surface area contributed by atoms with Gasteiger partial charge < -0.3 is 15.2 Å². The second-order valence-corrected chi connectivity index (χ2v) is 5.69. The van der Waals surface area contributed by atoms with Gasteiger partial charge in [0.25, 0.3) is 0 Å². The number of aliphatic hydroxyl groups excluding tert-OH is 1. The third kappa shape index (κ3) is 2.31. The largest absolute Gasteiger partial charge is 0.504 e. The number of rotatable bonds is 3. The number of hydrogen-bond donors (Lipinski definition) is 2. The zero-order chi connectivity index (χ0) is 14.3. The molecule has 2 atom stereocenters. The number of amidine groups is 1. The number of aliphatic imine (C=N–C) groups is 1. The van der Waals surface area contributed by atoms with Crippen molar-refractivity contribution >= 4 is 5.84 Å². The minimum absolute atomic E-state index is 0.160. The quantitative estimate of drug-likeness (QED) is 0.777. The van der Waals surface area contributed by atoms with Gasteiger partial charge in [0.1, 0.15) is 11.9 Å². The second kappa shape index (κ2) is 4.94. The van der Waals surface area contributed by atoms with Crippen LogP contribution < -0.4 is 5.32 Å². The molecule has 1 saturated heterocycles. The van der Waals surface area contributed by atoms with Crippen molar-refractivity contribution in [3.8, 4) is 0 Å². The van der Waals surface area contributed by atoms with E-state index in [2.05, 4.69) is 35.1 Å². The molecule has 0 saturated carbocycles. The molecule has 0 amide bonds. The Hall–Kier alpha value is -1.81. The normalized spacial score (nSPS) is 29.2. The van der Waals surface area contributed by atoms with Crippen molar-refractivity contribution in [1.29, 1.82) is 0 Å². The minimum atomic E-state index is 0.160. The van der Waals surface area contributed by atoms with E-state index in [1.807, 2.05) is 13.8 Å². The molecule has 1 aliphatic carbocycles. The van der Waals surface area contributed by atoms with E-state index in [-0.39, 0.29) is 23.7 Å². The first-order valence-corrected chi connectivity index (χ1v) is 7.04. The fourth-order valence-electron chi connectivity index (χ4n) is 2.63. The van der Waals surface area contributed by atoms with Gasteiger partial charge in [-0.05, 0) is 17.9 Å². The Balaban J connectivity index is 1.94. The standard InChI is InChI=1S/C16H20N2O2/c1-9(2)14-15(19)10(3)17-16(18-14)12-7-5-4-6-11(12)13-8-20-13/h4-6,9,12-13,19H,3,7-8H2,1-2H3,(H,17,18). The highest BCUT2D eigenvalue weighted by atomic mass is 16.6. The van der Waals surface area contributed by atoms with Crippen molar-refractivity contribution in [3.05, 3.63) is 47.5 Å². The zero-order valence-electron chi connectivity index (χ0n) is 11.9. The maximum Gasteiger partial charge on any atom is 0.160 e. The number of epoxide rings is 1. The van der Waals surface area contributed by atoms with Gasteiger partial charge in [-0.25, -0.2) is 4.99 Å². The molecule has 2 aliphatic heterocycles. The first kappa shape index (κ1) is 13.2. The van der Waals surface area contributed by atoms with Crippen LogP contribution in [0.1, 0.15) is 20.3 Å². The van der Waals surface area contributed by atoms with Crippen molar-refractivity contribution in [1.82, 2.24) is 5.32 Å². The van der Waals surface area contributed by atoms with Crippen LogP contribution in [0, 0.1) is 11.8 Å². The van der Waals surface area contributed by atoms with Crippen LogP contribution in [0.5, 0.6) is 0 Å². The first-order chi connectivity index (χ1) is 9.58. The lowest BCUT2D eigenvalue weighted by Crippen LogP contribution is -2.36. The Morgan fingerprint density at radius 2 is 2.25 bits per heavy atom. The van der Waals surface area contributed by atoms with Gasteiger partial charge >= 0.3 is 0 Å². The van der Waals surface area contributed by atoms with Crippen molar-refractivity contribution in [2.75, 3.05) is 6.61 Å². The molecule has 4 nitrogen and oxygen atoms in total. The van der Waals surface area contributed by atoms with Gasteiger partial charge in [0.2, 0.25) is 0 Å². The molecule has 0 aromatic rings. The summed E-state index contributed by atoms with van der Waals surface area (Å²) in [6.45, 7) is 8.73. The minimum Gasteiger partial charge on any atom is -0.504 e. The SMILES string of the molecule is C=C1NC(C2CC=CC=C2C2CO2)=NC(C(C)C)=C1O. The fourth-order valence-corrected chi connectivity index (χ4v) is 2.63. The van der Waals surface area contributed by atoms with Gasteiger partial charge in [-0.3, -0.25) is 0 Å². The molecule has 4 heteroatoms. The third-order valence-electron chi connectivity index (χ3n) is 3.83. The molecule has 106 valence electrons. The molecule has 1 fully saturated rings. The van der Waals surface area contributed by atoms with E-state index in [1.54, 1.807) is 0 Å². The van der Waals surface area contributed by atoms with Gasteiger partial charge in [0.05, 0.1) is 18.0 Å². The molecule has 3 rings (SSSR count). The number of ether oxygens (including phenoxy) is 1. The van der Waals surface area contributed by atoms with Crippen molar-refractivity contribution in [2.24, 2.45) is 16.8 Å². The average molecular weight is 272 g/mol. The summed E-state index contributed by atoms with van der Waals surface area (Å²) in [5.41, 5.74) is 2.50.